The summed E-state index contributed by atoms with van der Waals surface area (Å²) in [6.45, 7) is 6.03. The molecule has 0 amide bonds. The molecular formula is C22H28N8O2S2. The van der Waals surface area contributed by atoms with E-state index in [9.17, 15) is 4.21 Å². The Bertz CT molecular complexity index is 1110. The maximum Gasteiger partial charge on any atom is 0.232 e. The van der Waals surface area contributed by atoms with Crippen molar-refractivity contribution in [3.63, 3.8) is 0 Å². The third kappa shape index (κ3) is 6.56. The molecule has 3 heterocycles. The highest BCUT2D eigenvalue weighted by molar-refractivity contribution is 7.77. The molecule has 0 aliphatic carbocycles. The van der Waals surface area contributed by atoms with Crippen LogP contribution in [0.15, 0.2) is 48.4 Å². The lowest BCUT2D eigenvalue weighted by Gasteiger charge is -2.25. The highest BCUT2D eigenvalue weighted by Crippen LogP contribution is 2.25. The number of benzene rings is 1. The van der Waals surface area contributed by atoms with E-state index in [0.29, 0.717) is 37.5 Å². The first-order valence-electron chi connectivity index (χ1n) is 11.1. The van der Waals surface area contributed by atoms with Crippen LogP contribution in [0.4, 0.5) is 17.8 Å². The highest BCUT2D eigenvalue weighted by atomic mass is 32.2. The zero-order chi connectivity index (χ0) is 23.8. The number of anilines is 3. The summed E-state index contributed by atoms with van der Waals surface area (Å²) >= 11 is -0.454. The second kappa shape index (κ2) is 12.0. The van der Waals surface area contributed by atoms with Crippen molar-refractivity contribution in [2.45, 2.75) is 31.8 Å². The van der Waals surface area contributed by atoms with E-state index in [1.807, 2.05) is 41.8 Å². The first-order chi connectivity index (χ1) is 16.6. The van der Waals surface area contributed by atoms with E-state index in [1.165, 1.54) is 0 Å². The Morgan fingerprint density at radius 3 is 2.74 bits per heavy atom. The summed E-state index contributed by atoms with van der Waals surface area (Å²) in [5.41, 5.74) is 1.99. The lowest BCUT2D eigenvalue weighted by molar-refractivity contribution is 0.537. The van der Waals surface area contributed by atoms with Crippen molar-refractivity contribution in [2.24, 2.45) is 0 Å². The molecule has 4 rings (SSSR count). The van der Waals surface area contributed by atoms with Crippen molar-refractivity contribution in [3.05, 3.63) is 54.1 Å². The number of thiazole rings is 1. The van der Waals surface area contributed by atoms with E-state index >= 15 is 0 Å². The number of hydrogen-bond acceptors (Lipinski definition) is 9. The summed E-state index contributed by atoms with van der Waals surface area (Å²) in [4.78, 5) is 20.5. The smallest absolute Gasteiger partial charge is 0.232 e. The summed E-state index contributed by atoms with van der Waals surface area (Å²) in [6.07, 6.45) is 4.46. The molecule has 0 radical (unpaired) electrons. The van der Waals surface area contributed by atoms with Gasteiger partial charge in [0, 0.05) is 36.6 Å². The summed E-state index contributed by atoms with van der Waals surface area (Å²) in [5.74, 6) is 1.46. The average molecular weight is 501 g/mol. The SMILES string of the molecule is C=CCCNc1nc(NCc2csc(-c3ccccc3)n2)nc(N2CCC[C@@H]2CNS(=O)O)n1. The lowest BCUT2D eigenvalue weighted by atomic mass is 10.2. The maximum atomic E-state index is 11.1. The summed E-state index contributed by atoms with van der Waals surface area (Å²) in [7, 11) is 0. The van der Waals surface area contributed by atoms with Crippen molar-refractivity contribution < 1.29 is 8.76 Å². The van der Waals surface area contributed by atoms with Gasteiger partial charge in [0.05, 0.1) is 12.2 Å². The molecule has 0 bridgehead atoms. The van der Waals surface area contributed by atoms with Crippen LogP contribution >= 0.6 is 11.3 Å². The largest absolute Gasteiger partial charge is 0.354 e. The van der Waals surface area contributed by atoms with Crippen molar-refractivity contribution in [1.82, 2.24) is 24.7 Å². The predicted molar refractivity (Wildman–Crippen MR) is 137 cm³/mol. The number of nitrogens with zero attached hydrogens (tertiary/aromatic N) is 5. The Hall–Kier alpha value is -2.93. The second-order valence-corrected chi connectivity index (χ2v) is 9.38. The Morgan fingerprint density at radius 1 is 1.18 bits per heavy atom. The molecule has 10 nitrogen and oxygen atoms in total. The first kappa shape index (κ1) is 24.2. The molecule has 1 aliphatic heterocycles. The molecule has 2 aromatic heterocycles. The molecule has 180 valence electrons. The molecule has 1 aromatic carbocycles. The van der Waals surface area contributed by atoms with Crippen LogP contribution in [0, 0.1) is 0 Å². The van der Waals surface area contributed by atoms with Gasteiger partial charge in [-0.15, -0.1) is 17.9 Å². The second-order valence-electron chi connectivity index (χ2n) is 7.74. The minimum absolute atomic E-state index is 0.0272. The quantitative estimate of drug-likeness (QED) is 0.168. The minimum Gasteiger partial charge on any atom is -0.354 e. The van der Waals surface area contributed by atoms with E-state index < -0.39 is 11.3 Å². The molecule has 34 heavy (non-hydrogen) atoms. The Kier molecular flexibility index (Phi) is 8.52. The maximum absolute atomic E-state index is 11.1. The fourth-order valence-corrected chi connectivity index (χ4v) is 4.85. The van der Waals surface area contributed by atoms with Gasteiger partial charge in [0.25, 0.3) is 0 Å². The molecule has 1 aliphatic rings. The van der Waals surface area contributed by atoms with E-state index in [-0.39, 0.29) is 6.04 Å². The van der Waals surface area contributed by atoms with Gasteiger partial charge in [-0.05, 0) is 19.3 Å². The van der Waals surface area contributed by atoms with Crippen LogP contribution in [-0.2, 0) is 17.8 Å². The van der Waals surface area contributed by atoms with Crippen LogP contribution in [0.25, 0.3) is 10.6 Å². The van der Waals surface area contributed by atoms with Crippen molar-refractivity contribution in [1.29, 1.82) is 0 Å². The Balaban J connectivity index is 1.49. The molecule has 0 saturated carbocycles. The molecule has 1 fully saturated rings. The van der Waals surface area contributed by atoms with Gasteiger partial charge >= 0.3 is 0 Å². The molecule has 1 saturated heterocycles. The van der Waals surface area contributed by atoms with Gasteiger partial charge in [-0.1, -0.05) is 36.4 Å². The van der Waals surface area contributed by atoms with Crippen molar-refractivity contribution >= 4 is 40.4 Å². The van der Waals surface area contributed by atoms with Crippen LogP contribution in [0.3, 0.4) is 0 Å². The van der Waals surface area contributed by atoms with E-state index in [0.717, 1.165) is 42.1 Å². The average Bonchev–Trinajstić information content (AvgIpc) is 3.52. The van der Waals surface area contributed by atoms with Crippen LogP contribution in [0.2, 0.25) is 0 Å². The zero-order valence-electron chi connectivity index (χ0n) is 18.7. The van der Waals surface area contributed by atoms with Crippen LogP contribution in [-0.4, -0.2) is 54.4 Å². The standard InChI is InChI=1S/C22H28N8O2S2/c1-2-3-11-23-20-27-21(24-13-17-15-33-19(26-17)16-8-5-4-6-9-16)29-22(28-20)30-12-7-10-18(30)14-25-34(31)32/h2,4-6,8-9,15,18,25H,1,3,7,10-14H2,(H,31,32)(H2,23,24,27,28,29)/t18-/m1/s1. The number of rotatable bonds is 12. The van der Waals surface area contributed by atoms with Gasteiger partial charge in [-0.2, -0.15) is 15.0 Å². The molecular weight excluding hydrogens is 472 g/mol. The summed E-state index contributed by atoms with van der Waals surface area (Å²) < 4.78 is 22.8. The molecule has 3 aromatic rings. The third-order valence-corrected chi connectivity index (χ3v) is 6.69. The highest BCUT2D eigenvalue weighted by Gasteiger charge is 2.28. The first-order valence-corrected chi connectivity index (χ1v) is 13.1. The van der Waals surface area contributed by atoms with Crippen LogP contribution in [0.1, 0.15) is 25.0 Å². The van der Waals surface area contributed by atoms with E-state index in [1.54, 1.807) is 11.3 Å². The summed E-state index contributed by atoms with van der Waals surface area (Å²) in [5, 5.41) is 9.49. The zero-order valence-corrected chi connectivity index (χ0v) is 20.3. The number of nitrogens with one attached hydrogen (secondary N) is 3. The van der Waals surface area contributed by atoms with Crippen molar-refractivity contribution in [2.75, 3.05) is 35.2 Å². The normalized spacial score (nSPS) is 16.4. The third-order valence-electron chi connectivity index (χ3n) is 5.33. The summed E-state index contributed by atoms with van der Waals surface area (Å²) in [6, 6.07) is 10.1. The predicted octanol–water partition coefficient (Wildman–Crippen LogP) is 3.29. The minimum atomic E-state index is -2.05. The monoisotopic (exact) mass is 500 g/mol. The molecule has 0 spiro atoms. The fraction of sp³-hybridized carbons (Fsp3) is 0.364. The Morgan fingerprint density at radius 2 is 1.97 bits per heavy atom. The fourth-order valence-electron chi connectivity index (χ4n) is 3.69. The van der Waals surface area contributed by atoms with Gasteiger partial charge in [0.15, 0.2) is 0 Å². The lowest BCUT2D eigenvalue weighted by Crippen LogP contribution is -2.39. The van der Waals surface area contributed by atoms with E-state index in [4.69, 9.17) is 9.54 Å². The van der Waals surface area contributed by atoms with Crippen LogP contribution in [0.5, 0.6) is 0 Å². The van der Waals surface area contributed by atoms with Crippen molar-refractivity contribution in [3.8, 4) is 10.6 Å². The van der Waals surface area contributed by atoms with Gasteiger partial charge < -0.3 is 15.5 Å². The number of aromatic nitrogens is 4. The van der Waals surface area contributed by atoms with Crippen LogP contribution < -0.4 is 20.3 Å². The molecule has 12 heteroatoms. The Labute approximate surface area is 205 Å². The van der Waals surface area contributed by atoms with Gasteiger partial charge in [0.1, 0.15) is 5.01 Å². The number of hydrogen-bond donors (Lipinski definition) is 4. The van der Waals surface area contributed by atoms with Gasteiger partial charge in [0.2, 0.25) is 29.1 Å². The van der Waals surface area contributed by atoms with E-state index in [2.05, 4.69) is 41.8 Å². The molecule has 1 unspecified atom stereocenters. The van der Waals surface area contributed by atoms with Gasteiger partial charge in [-0.3, -0.25) is 4.55 Å². The van der Waals surface area contributed by atoms with Gasteiger partial charge in [-0.25, -0.2) is 13.9 Å². The topological polar surface area (TPSA) is 128 Å². The molecule has 4 N–H and O–H groups in total. The molecule has 2 atom stereocenters.